The first-order valence-electron chi connectivity index (χ1n) is 6.02. The number of benzene rings is 1. The maximum absolute atomic E-state index is 12.6. The lowest BCUT2D eigenvalue weighted by atomic mass is 10.2. The van der Waals surface area contributed by atoms with Crippen molar-refractivity contribution in [1.82, 2.24) is 0 Å². The van der Waals surface area contributed by atoms with Gasteiger partial charge in [0.2, 0.25) is 0 Å². The highest BCUT2D eigenvalue weighted by Crippen LogP contribution is 2.36. The van der Waals surface area contributed by atoms with Crippen LogP contribution in [0.4, 0.5) is 5.69 Å². The Bertz CT molecular complexity index is 828. The predicted molar refractivity (Wildman–Crippen MR) is 83.7 cm³/mol. The van der Waals surface area contributed by atoms with E-state index in [9.17, 15) is 13.2 Å². The molecule has 0 saturated heterocycles. The highest BCUT2D eigenvalue weighted by molar-refractivity contribution is 9.10. The summed E-state index contributed by atoms with van der Waals surface area (Å²) >= 11 is 4.30. The number of hydrogen-bond donors (Lipinski definition) is 1. The molecule has 0 fully saturated rings. The van der Waals surface area contributed by atoms with Gasteiger partial charge < -0.3 is 5.11 Å². The summed E-state index contributed by atoms with van der Waals surface area (Å²) in [5.41, 5.74) is 1.61. The van der Waals surface area contributed by atoms with Gasteiger partial charge in [0.25, 0.3) is 10.0 Å². The largest absolute Gasteiger partial charge is 0.478 e. The maximum atomic E-state index is 12.6. The number of nitrogens with zero attached hydrogens (tertiary/aromatic N) is 1. The molecule has 3 rings (SSSR count). The normalized spacial score (nSPS) is 14.2. The standard InChI is InChI=1S/C13H10BrNO4S2/c14-10-1-2-11-8(5-10)3-4-15(11)21(18,19)12-6-9(7-20-12)13(16)17/h1-2,5-7H,3-4H2,(H,16,17). The Balaban J connectivity index is 2.02. The van der Waals surface area contributed by atoms with Crippen molar-refractivity contribution in [1.29, 1.82) is 0 Å². The zero-order valence-electron chi connectivity index (χ0n) is 10.6. The monoisotopic (exact) mass is 387 g/mol. The molecule has 8 heteroatoms. The second-order valence-electron chi connectivity index (χ2n) is 4.56. The fourth-order valence-electron chi connectivity index (χ4n) is 2.26. The van der Waals surface area contributed by atoms with Crippen LogP contribution in [0, 0.1) is 0 Å². The van der Waals surface area contributed by atoms with E-state index in [0.717, 1.165) is 21.4 Å². The third kappa shape index (κ3) is 2.47. The zero-order valence-corrected chi connectivity index (χ0v) is 13.8. The van der Waals surface area contributed by atoms with Crippen LogP contribution in [-0.4, -0.2) is 26.0 Å². The Hall–Kier alpha value is -1.38. The van der Waals surface area contributed by atoms with Gasteiger partial charge in [0.1, 0.15) is 4.21 Å². The van der Waals surface area contributed by atoms with Gasteiger partial charge in [-0.15, -0.1) is 11.3 Å². The molecule has 1 N–H and O–H groups in total. The van der Waals surface area contributed by atoms with Gasteiger partial charge in [-0.05, 0) is 36.2 Å². The number of halogens is 1. The van der Waals surface area contributed by atoms with Crippen molar-refractivity contribution in [2.24, 2.45) is 0 Å². The number of rotatable bonds is 3. The average Bonchev–Trinajstić information content (AvgIpc) is 3.05. The first-order valence-corrected chi connectivity index (χ1v) is 9.14. The second kappa shape index (κ2) is 5.11. The van der Waals surface area contributed by atoms with E-state index < -0.39 is 16.0 Å². The highest BCUT2D eigenvalue weighted by atomic mass is 79.9. The molecule has 0 radical (unpaired) electrons. The molecule has 2 heterocycles. The highest BCUT2D eigenvalue weighted by Gasteiger charge is 2.32. The summed E-state index contributed by atoms with van der Waals surface area (Å²) in [6, 6.07) is 6.67. The number of sulfonamides is 1. The Morgan fingerprint density at radius 1 is 1.33 bits per heavy atom. The van der Waals surface area contributed by atoms with Crippen molar-refractivity contribution in [3.8, 4) is 0 Å². The van der Waals surface area contributed by atoms with E-state index in [2.05, 4.69) is 15.9 Å². The molecule has 0 unspecified atom stereocenters. The lowest BCUT2D eigenvalue weighted by molar-refractivity contribution is 0.0697. The third-order valence-electron chi connectivity index (χ3n) is 3.26. The molecule has 5 nitrogen and oxygen atoms in total. The molecule has 0 aliphatic carbocycles. The lowest BCUT2D eigenvalue weighted by Gasteiger charge is -2.18. The summed E-state index contributed by atoms with van der Waals surface area (Å²) in [7, 11) is -3.70. The van der Waals surface area contributed by atoms with E-state index in [-0.39, 0.29) is 9.77 Å². The Kier molecular flexibility index (Phi) is 3.54. The molecule has 1 aliphatic heterocycles. The van der Waals surface area contributed by atoms with Crippen LogP contribution < -0.4 is 4.31 Å². The minimum absolute atomic E-state index is 0.00574. The minimum Gasteiger partial charge on any atom is -0.478 e. The van der Waals surface area contributed by atoms with Crippen molar-refractivity contribution in [3.05, 3.63) is 45.2 Å². The Morgan fingerprint density at radius 3 is 2.76 bits per heavy atom. The molecule has 0 amide bonds. The van der Waals surface area contributed by atoms with E-state index in [1.54, 1.807) is 12.1 Å². The molecular formula is C13H10BrNO4S2. The molecule has 0 spiro atoms. The van der Waals surface area contributed by atoms with E-state index in [4.69, 9.17) is 5.11 Å². The Labute approximate surface area is 134 Å². The molecule has 1 aliphatic rings. The summed E-state index contributed by atoms with van der Waals surface area (Å²) in [5.74, 6) is -1.13. The summed E-state index contributed by atoms with van der Waals surface area (Å²) in [6.07, 6.45) is 0.644. The van der Waals surface area contributed by atoms with E-state index in [1.165, 1.54) is 15.8 Å². The molecule has 0 saturated carbocycles. The van der Waals surface area contributed by atoms with Crippen molar-refractivity contribution in [2.75, 3.05) is 10.8 Å². The van der Waals surface area contributed by atoms with Gasteiger partial charge in [-0.3, -0.25) is 4.31 Å². The summed E-state index contributed by atoms with van der Waals surface area (Å²) in [5, 5.41) is 10.3. The average molecular weight is 388 g/mol. The van der Waals surface area contributed by atoms with E-state index >= 15 is 0 Å². The van der Waals surface area contributed by atoms with Gasteiger partial charge in [0.05, 0.1) is 11.3 Å². The van der Waals surface area contributed by atoms with Crippen LogP contribution >= 0.6 is 27.3 Å². The molecule has 0 bridgehead atoms. The van der Waals surface area contributed by atoms with Gasteiger partial charge >= 0.3 is 5.97 Å². The number of carboxylic acids is 1. The van der Waals surface area contributed by atoms with Crippen LogP contribution in [-0.2, 0) is 16.4 Å². The molecule has 21 heavy (non-hydrogen) atoms. The SMILES string of the molecule is O=C(O)c1csc(S(=O)(=O)N2CCc3cc(Br)ccc32)c1. The summed E-state index contributed by atoms with van der Waals surface area (Å²) in [4.78, 5) is 10.9. The third-order valence-corrected chi connectivity index (χ3v) is 6.98. The number of carbonyl (C=O) groups is 1. The summed E-state index contributed by atoms with van der Waals surface area (Å²) in [6.45, 7) is 0.369. The zero-order chi connectivity index (χ0) is 15.2. The number of fused-ring (bicyclic) bond motifs is 1. The topological polar surface area (TPSA) is 74.7 Å². The van der Waals surface area contributed by atoms with E-state index in [0.29, 0.717) is 18.7 Å². The van der Waals surface area contributed by atoms with Crippen LogP contribution in [0.3, 0.4) is 0 Å². The first-order chi connectivity index (χ1) is 9.89. The van der Waals surface area contributed by atoms with Gasteiger partial charge in [-0.2, -0.15) is 0 Å². The van der Waals surface area contributed by atoms with Crippen molar-refractivity contribution in [2.45, 2.75) is 10.6 Å². The van der Waals surface area contributed by atoms with Crippen LogP contribution in [0.25, 0.3) is 0 Å². The van der Waals surface area contributed by atoms with Crippen LogP contribution in [0.15, 0.2) is 38.3 Å². The first kappa shape index (κ1) is 14.6. The number of hydrogen-bond acceptors (Lipinski definition) is 4. The molecular weight excluding hydrogens is 378 g/mol. The van der Waals surface area contributed by atoms with Gasteiger partial charge in [0.15, 0.2) is 0 Å². The van der Waals surface area contributed by atoms with Crippen LogP contribution in [0.1, 0.15) is 15.9 Å². The molecule has 1 aromatic heterocycles. The fourth-order valence-corrected chi connectivity index (χ4v) is 5.44. The summed E-state index contributed by atoms with van der Waals surface area (Å²) < 4.78 is 27.6. The van der Waals surface area contributed by atoms with Crippen molar-refractivity contribution < 1.29 is 18.3 Å². The minimum atomic E-state index is -3.70. The second-order valence-corrected chi connectivity index (χ2v) is 8.48. The Morgan fingerprint density at radius 2 is 2.10 bits per heavy atom. The lowest BCUT2D eigenvalue weighted by Crippen LogP contribution is -2.28. The quantitative estimate of drug-likeness (QED) is 0.878. The van der Waals surface area contributed by atoms with Gasteiger partial charge in [0, 0.05) is 16.4 Å². The number of anilines is 1. The smallest absolute Gasteiger partial charge is 0.336 e. The maximum Gasteiger partial charge on any atom is 0.336 e. The number of carboxylic acid groups (broad SMARTS) is 1. The number of thiophene rings is 1. The predicted octanol–water partition coefficient (Wildman–Crippen LogP) is 2.96. The van der Waals surface area contributed by atoms with Crippen molar-refractivity contribution >= 4 is 48.9 Å². The van der Waals surface area contributed by atoms with Crippen LogP contribution in [0.5, 0.6) is 0 Å². The number of aromatic carboxylic acids is 1. The molecule has 2 aromatic rings. The van der Waals surface area contributed by atoms with Crippen molar-refractivity contribution in [3.63, 3.8) is 0 Å². The van der Waals surface area contributed by atoms with Gasteiger partial charge in [-0.1, -0.05) is 15.9 Å². The van der Waals surface area contributed by atoms with Crippen LogP contribution in [0.2, 0.25) is 0 Å². The van der Waals surface area contributed by atoms with E-state index in [1.807, 2.05) is 6.07 Å². The van der Waals surface area contributed by atoms with Gasteiger partial charge in [-0.25, -0.2) is 13.2 Å². The molecule has 110 valence electrons. The molecule has 1 aromatic carbocycles. The molecule has 0 atom stereocenters. The fraction of sp³-hybridized carbons (Fsp3) is 0.154.